The van der Waals surface area contributed by atoms with Gasteiger partial charge < -0.3 is 4.90 Å². The SMILES string of the molecule is C[C@]1(c2ccc(N=NN(Cc3ccccc3)Cc3ccccc3)cc2)C(=O)N(c2ccccc2)[C@@H]1c1ccccc1. The lowest BCUT2D eigenvalue weighted by atomic mass is 9.64. The first-order chi connectivity index (χ1) is 20.1. The first-order valence-electron chi connectivity index (χ1n) is 13.9. The van der Waals surface area contributed by atoms with Gasteiger partial charge in [-0.25, -0.2) is 0 Å². The zero-order chi connectivity index (χ0) is 28.1. The fraction of sp³-hybridized carbons (Fsp3) is 0.139. The smallest absolute Gasteiger partial charge is 0.240 e. The molecule has 0 aliphatic carbocycles. The van der Waals surface area contributed by atoms with Crippen molar-refractivity contribution in [1.29, 1.82) is 0 Å². The van der Waals surface area contributed by atoms with Gasteiger partial charge in [0.25, 0.3) is 0 Å². The van der Waals surface area contributed by atoms with Crippen LogP contribution in [0.25, 0.3) is 0 Å². The van der Waals surface area contributed by atoms with Crippen LogP contribution in [-0.2, 0) is 23.3 Å². The maximum absolute atomic E-state index is 13.8. The monoisotopic (exact) mass is 536 g/mol. The molecular weight excluding hydrogens is 504 g/mol. The fourth-order valence-corrected chi connectivity index (χ4v) is 5.63. The van der Waals surface area contributed by atoms with Crippen molar-refractivity contribution < 1.29 is 4.79 Å². The van der Waals surface area contributed by atoms with Crippen LogP contribution in [0.3, 0.4) is 0 Å². The van der Waals surface area contributed by atoms with Crippen LogP contribution >= 0.6 is 0 Å². The lowest BCUT2D eigenvalue weighted by Crippen LogP contribution is -2.65. The number of carbonyl (C=O) groups excluding carboxylic acids is 1. The molecule has 0 saturated carbocycles. The van der Waals surface area contributed by atoms with Gasteiger partial charge in [0, 0.05) is 5.69 Å². The quantitative estimate of drug-likeness (QED) is 0.108. The fourth-order valence-electron chi connectivity index (χ4n) is 5.63. The van der Waals surface area contributed by atoms with Crippen molar-refractivity contribution in [1.82, 2.24) is 5.01 Å². The van der Waals surface area contributed by atoms with E-state index in [0.717, 1.165) is 22.5 Å². The third kappa shape index (κ3) is 5.39. The summed E-state index contributed by atoms with van der Waals surface area (Å²) in [4.78, 5) is 15.7. The number of β-lactam (4-membered cyclic amide) rings is 1. The number of benzene rings is 5. The number of anilines is 1. The van der Waals surface area contributed by atoms with E-state index in [2.05, 4.69) is 46.7 Å². The highest BCUT2D eigenvalue weighted by Gasteiger charge is 2.59. The molecule has 202 valence electrons. The van der Waals surface area contributed by atoms with Gasteiger partial charge in [-0.15, -0.1) is 5.11 Å². The number of nitrogens with zero attached hydrogens (tertiary/aromatic N) is 4. The third-order valence-electron chi connectivity index (χ3n) is 7.79. The molecule has 5 heteroatoms. The van der Waals surface area contributed by atoms with Crippen LogP contribution in [0.2, 0.25) is 0 Å². The average Bonchev–Trinajstić information content (AvgIpc) is 3.04. The predicted molar refractivity (Wildman–Crippen MR) is 164 cm³/mol. The molecule has 6 rings (SSSR count). The average molecular weight is 537 g/mol. The maximum atomic E-state index is 13.8. The van der Waals surface area contributed by atoms with Gasteiger partial charge in [-0.3, -0.25) is 9.80 Å². The predicted octanol–water partition coefficient (Wildman–Crippen LogP) is 8.43. The zero-order valence-electron chi connectivity index (χ0n) is 23.0. The Morgan fingerprint density at radius 2 is 1.15 bits per heavy atom. The van der Waals surface area contributed by atoms with E-state index in [-0.39, 0.29) is 11.9 Å². The van der Waals surface area contributed by atoms with Crippen molar-refractivity contribution in [2.75, 3.05) is 4.90 Å². The molecule has 2 atom stereocenters. The Bertz CT molecular complexity index is 1570. The van der Waals surface area contributed by atoms with Crippen LogP contribution in [0.15, 0.2) is 156 Å². The van der Waals surface area contributed by atoms with E-state index in [1.165, 1.54) is 11.1 Å². The molecule has 0 spiro atoms. The molecule has 0 unspecified atom stereocenters. The minimum Gasteiger partial charge on any atom is -0.303 e. The van der Waals surface area contributed by atoms with Crippen molar-refractivity contribution in [2.45, 2.75) is 31.5 Å². The minimum atomic E-state index is -0.695. The van der Waals surface area contributed by atoms with Crippen molar-refractivity contribution in [3.8, 4) is 0 Å². The molecule has 1 fully saturated rings. The molecule has 0 N–H and O–H groups in total. The van der Waals surface area contributed by atoms with E-state index in [0.29, 0.717) is 13.1 Å². The highest BCUT2D eigenvalue weighted by Crippen LogP contribution is 2.53. The number of hydrogen-bond donors (Lipinski definition) is 0. The number of carbonyl (C=O) groups is 1. The van der Waals surface area contributed by atoms with Crippen molar-refractivity contribution in [2.24, 2.45) is 10.3 Å². The molecule has 0 bridgehead atoms. The van der Waals surface area contributed by atoms with Crippen LogP contribution < -0.4 is 4.90 Å². The molecule has 1 amide bonds. The summed E-state index contributed by atoms with van der Waals surface area (Å²) in [7, 11) is 0. The van der Waals surface area contributed by atoms with Gasteiger partial charge in [0.1, 0.15) is 0 Å². The molecule has 5 nitrogen and oxygen atoms in total. The van der Waals surface area contributed by atoms with Crippen molar-refractivity contribution >= 4 is 17.3 Å². The van der Waals surface area contributed by atoms with Crippen LogP contribution in [0.5, 0.6) is 0 Å². The van der Waals surface area contributed by atoms with E-state index in [9.17, 15) is 4.79 Å². The summed E-state index contributed by atoms with van der Waals surface area (Å²) in [6.45, 7) is 3.35. The summed E-state index contributed by atoms with van der Waals surface area (Å²) in [6, 6.07) is 48.6. The summed E-state index contributed by atoms with van der Waals surface area (Å²) in [5.74, 6) is 0.0869. The number of rotatable bonds is 9. The Kier molecular flexibility index (Phi) is 7.42. The molecule has 41 heavy (non-hydrogen) atoms. The Balaban J connectivity index is 1.26. The van der Waals surface area contributed by atoms with E-state index in [1.54, 1.807) is 0 Å². The Hall–Kier alpha value is -5.03. The highest BCUT2D eigenvalue weighted by molar-refractivity contribution is 6.09. The van der Waals surface area contributed by atoms with Crippen molar-refractivity contribution in [3.63, 3.8) is 0 Å². The van der Waals surface area contributed by atoms with Gasteiger partial charge in [-0.2, -0.15) is 0 Å². The van der Waals surface area contributed by atoms with Gasteiger partial charge >= 0.3 is 0 Å². The summed E-state index contributed by atoms with van der Waals surface area (Å²) >= 11 is 0. The third-order valence-corrected chi connectivity index (χ3v) is 7.79. The second kappa shape index (κ2) is 11.6. The Morgan fingerprint density at radius 1 is 0.659 bits per heavy atom. The molecule has 1 saturated heterocycles. The van der Waals surface area contributed by atoms with Gasteiger partial charge in [0.15, 0.2) is 0 Å². The number of para-hydroxylation sites is 1. The van der Waals surface area contributed by atoms with Crippen LogP contribution in [0, 0.1) is 0 Å². The van der Waals surface area contributed by atoms with Crippen molar-refractivity contribution in [3.05, 3.63) is 168 Å². The van der Waals surface area contributed by atoms with E-state index < -0.39 is 5.41 Å². The summed E-state index contributed by atoms with van der Waals surface area (Å²) in [6.07, 6.45) is 0. The highest BCUT2D eigenvalue weighted by atomic mass is 16.2. The Morgan fingerprint density at radius 3 is 1.68 bits per heavy atom. The zero-order valence-corrected chi connectivity index (χ0v) is 23.0. The summed E-state index contributed by atoms with van der Waals surface area (Å²) < 4.78 is 0. The van der Waals surface area contributed by atoms with E-state index in [1.807, 2.05) is 126 Å². The molecule has 0 radical (unpaired) electrons. The standard InChI is InChI=1S/C36H32N4O/c1-36(34(30-18-10-4-11-19-30)40(35(36)41)33-20-12-5-13-21-33)31-22-24-32(25-23-31)37-38-39(26-28-14-6-2-7-15-28)27-29-16-8-3-9-17-29/h2-25,34H,26-27H2,1H3/t34-,36-/m1/s1. The molecule has 1 aliphatic rings. The van der Waals surface area contributed by atoms with Gasteiger partial charge in [0.05, 0.1) is 30.2 Å². The second-order valence-electron chi connectivity index (χ2n) is 10.6. The molecular formula is C36H32N4O. The molecule has 5 aromatic rings. The van der Waals surface area contributed by atoms with E-state index in [4.69, 9.17) is 0 Å². The normalized spacial score (nSPS) is 18.3. The number of amides is 1. The molecule has 5 aromatic carbocycles. The number of hydrogen-bond acceptors (Lipinski definition) is 3. The van der Waals surface area contributed by atoms with Crippen LogP contribution in [-0.4, -0.2) is 10.9 Å². The van der Waals surface area contributed by atoms with Crippen LogP contribution in [0.1, 0.15) is 35.2 Å². The van der Waals surface area contributed by atoms with Gasteiger partial charge in [0.2, 0.25) is 5.91 Å². The topological polar surface area (TPSA) is 48.3 Å². The van der Waals surface area contributed by atoms with Crippen LogP contribution in [0.4, 0.5) is 11.4 Å². The first kappa shape index (κ1) is 26.2. The summed E-state index contributed by atoms with van der Waals surface area (Å²) in [5, 5.41) is 11.2. The van der Waals surface area contributed by atoms with Gasteiger partial charge in [-0.05, 0) is 53.4 Å². The largest absolute Gasteiger partial charge is 0.303 e. The van der Waals surface area contributed by atoms with Gasteiger partial charge in [-0.1, -0.05) is 127 Å². The molecule has 1 aliphatic heterocycles. The Labute approximate surface area is 241 Å². The first-order valence-corrected chi connectivity index (χ1v) is 13.9. The summed E-state index contributed by atoms with van der Waals surface area (Å²) in [5.41, 5.74) is 5.37. The molecule has 0 aromatic heterocycles. The second-order valence-corrected chi connectivity index (χ2v) is 10.6. The lowest BCUT2D eigenvalue weighted by molar-refractivity contribution is -0.132. The minimum absolute atomic E-state index is 0.0869. The lowest BCUT2D eigenvalue weighted by Gasteiger charge is -2.55. The van der Waals surface area contributed by atoms with E-state index >= 15 is 0 Å². The molecule has 1 heterocycles. The maximum Gasteiger partial charge on any atom is 0.240 e.